The number of carbonyl (C=O) groups is 1. The van der Waals surface area contributed by atoms with Crippen molar-refractivity contribution in [2.24, 2.45) is 11.8 Å². The normalized spacial score (nSPS) is 24.8. The first-order valence-electron chi connectivity index (χ1n) is 5.39. The first kappa shape index (κ1) is 11.8. The van der Waals surface area contributed by atoms with Crippen LogP contribution in [0.15, 0.2) is 11.1 Å². The summed E-state index contributed by atoms with van der Waals surface area (Å²) in [6.07, 6.45) is 1.70. The number of allylic oxidation sites excluding steroid dienone is 1. The number of carbonyl (C=O) groups excluding carboxylic acids is 1. The third kappa shape index (κ3) is 2.59. The van der Waals surface area contributed by atoms with E-state index in [1.807, 2.05) is 6.07 Å². The predicted octanol–water partition coefficient (Wildman–Crippen LogP) is 2.44. The summed E-state index contributed by atoms with van der Waals surface area (Å²) >= 11 is 0. The van der Waals surface area contributed by atoms with Gasteiger partial charge in [0, 0.05) is 0 Å². The van der Waals surface area contributed by atoms with Gasteiger partial charge in [0.05, 0.1) is 6.61 Å². The van der Waals surface area contributed by atoms with Crippen LogP contribution in [-0.4, -0.2) is 12.6 Å². The van der Waals surface area contributed by atoms with Crippen molar-refractivity contribution < 1.29 is 9.53 Å². The predicted molar refractivity (Wildman–Crippen MR) is 56.8 cm³/mol. The van der Waals surface area contributed by atoms with Gasteiger partial charge in [-0.05, 0) is 37.2 Å². The fourth-order valence-electron chi connectivity index (χ4n) is 1.94. The topological polar surface area (TPSA) is 50.1 Å². The number of nitrogens with zero attached hydrogens (tertiary/aromatic N) is 1. The van der Waals surface area contributed by atoms with Crippen molar-refractivity contribution >= 4 is 5.97 Å². The Labute approximate surface area is 90.7 Å². The molecule has 3 heteroatoms. The molecular formula is C12H17NO2. The number of ether oxygens (including phenoxy) is 1. The smallest absolute Gasteiger partial charge is 0.348 e. The summed E-state index contributed by atoms with van der Waals surface area (Å²) in [4.78, 5) is 11.5. The van der Waals surface area contributed by atoms with Gasteiger partial charge >= 0.3 is 5.97 Å². The quantitative estimate of drug-likeness (QED) is 0.397. The van der Waals surface area contributed by atoms with Gasteiger partial charge in [0.15, 0.2) is 0 Å². The first-order valence-corrected chi connectivity index (χ1v) is 5.39. The fourth-order valence-corrected chi connectivity index (χ4v) is 1.94. The molecule has 0 saturated heterocycles. The van der Waals surface area contributed by atoms with Gasteiger partial charge in [-0.2, -0.15) is 5.26 Å². The van der Waals surface area contributed by atoms with Crippen LogP contribution in [0.4, 0.5) is 0 Å². The summed E-state index contributed by atoms with van der Waals surface area (Å²) in [5.74, 6) is 0.645. The molecule has 0 radical (unpaired) electrons. The highest BCUT2D eigenvalue weighted by molar-refractivity contribution is 5.93. The van der Waals surface area contributed by atoms with Crippen LogP contribution in [0.1, 0.15) is 33.6 Å². The lowest BCUT2D eigenvalue weighted by Gasteiger charge is -2.04. The maximum Gasteiger partial charge on any atom is 0.348 e. The Hall–Kier alpha value is -1.30. The molecule has 1 fully saturated rings. The summed E-state index contributed by atoms with van der Waals surface area (Å²) in [5, 5.41) is 8.95. The molecule has 0 aromatic rings. The molecule has 1 aliphatic rings. The number of hydrogen-bond acceptors (Lipinski definition) is 3. The van der Waals surface area contributed by atoms with E-state index in [4.69, 9.17) is 10.00 Å². The van der Waals surface area contributed by atoms with Crippen LogP contribution < -0.4 is 0 Å². The van der Waals surface area contributed by atoms with Gasteiger partial charge in [-0.25, -0.2) is 4.79 Å². The van der Waals surface area contributed by atoms with Crippen LogP contribution in [0.3, 0.4) is 0 Å². The van der Waals surface area contributed by atoms with Gasteiger partial charge in [0.25, 0.3) is 0 Å². The van der Waals surface area contributed by atoms with E-state index in [1.54, 1.807) is 6.92 Å². The molecule has 0 aromatic carbocycles. The second-order valence-corrected chi connectivity index (χ2v) is 4.17. The van der Waals surface area contributed by atoms with Gasteiger partial charge in [-0.15, -0.1) is 0 Å². The Balaban J connectivity index is 2.87. The lowest BCUT2D eigenvalue weighted by Crippen LogP contribution is -2.08. The van der Waals surface area contributed by atoms with Crippen LogP contribution in [0.25, 0.3) is 0 Å². The number of nitriles is 1. The molecule has 0 spiro atoms. The van der Waals surface area contributed by atoms with E-state index < -0.39 is 5.97 Å². The van der Waals surface area contributed by atoms with E-state index in [1.165, 1.54) is 0 Å². The molecule has 1 rings (SSSR count). The Bertz CT molecular complexity index is 313. The van der Waals surface area contributed by atoms with E-state index in [2.05, 4.69) is 13.8 Å². The zero-order valence-corrected chi connectivity index (χ0v) is 9.54. The maximum absolute atomic E-state index is 11.5. The molecule has 0 amide bonds. The molecule has 0 unspecified atom stereocenters. The highest BCUT2D eigenvalue weighted by atomic mass is 16.5. The van der Waals surface area contributed by atoms with E-state index in [0.717, 1.165) is 18.4 Å². The molecule has 0 aromatic heterocycles. The van der Waals surface area contributed by atoms with E-state index in [-0.39, 0.29) is 5.57 Å². The molecule has 1 saturated carbocycles. The summed E-state index contributed by atoms with van der Waals surface area (Å²) < 4.78 is 4.86. The minimum atomic E-state index is -0.462. The molecule has 3 nitrogen and oxygen atoms in total. The van der Waals surface area contributed by atoms with Gasteiger partial charge in [-0.1, -0.05) is 13.8 Å². The van der Waals surface area contributed by atoms with Crippen LogP contribution in [-0.2, 0) is 9.53 Å². The summed E-state index contributed by atoms with van der Waals surface area (Å²) in [5.41, 5.74) is 1.20. The molecule has 0 heterocycles. The zero-order chi connectivity index (χ0) is 11.4. The van der Waals surface area contributed by atoms with E-state index in [0.29, 0.717) is 18.4 Å². The Morgan fingerprint density at radius 1 is 1.47 bits per heavy atom. The largest absolute Gasteiger partial charge is 0.462 e. The number of rotatable bonds is 2. The molecule has 2 atom stereocenters. The van der Waals surface area contributed by atoms with Crippen molar-refractivity contribution in [3.8, 4) is 6.07 Å². The molecular weight excluding hydrogens is 190 g/mol. The third-order valence-electron chi connectivity index (χ3n) is 3.05. The van der Waals surface area contributed by atoms with E-state index in [9.17, 15) is 4.79 Å². The molecule has 0 bridgehead atoms. The van der Waals surface area contributed by atoms with Crippen LogP contribution >= 0.6 is 0 Å². The summed E-state index contributed by atoms with van der Waals surface area (Å²) in [7, 11) is 0. The van der Waals surface area contributed by atoms with Crippen molar-refractivity contribution in [3.05, 3.63) is 11.1 Å². The minimum Gasteiger partial charge on any atom is -0.462 e. The van der Waals surface area contributed by atoms with Crippen molar-refractivity contribution in [1.82, 2.24) is 0 Å². The highest BCUT2D eigenvalue weighted by Crippen LogP contribution is 2.36. The van der Waals surface area contributed by atoms with Crippen LogP contribution in [0.2, 0.25) is 0 Å². The van der Waals surface area contributed by atoms with Crippen LogP contribution in [0.5, 0.6) is 0 Å². The van der Waals surface area contributed by atoms with Gasteiger partial charge < -0.3 is 4.74 Å². The fraction of sp³-hybridized carbons (Fsp3) is 0.667. The van der Waals surface area contributed by atoms with Crippen LogP contribution in [0, 0.1) is 23.2 Å². The zero-order valence-electron chi connectivity index (χ0n) is 9.54. The highest BCUT2D eigenvalue weighted by Gasteiger charge is 2.28. The lowest BCUT2D eigenvalue weighted by molar-refractivity contribution is -0.138. The number of hydrogen-bond donors (Lipinski definition) is 0. The lowest BCUT2D eigenvalue weighted by atomic mass is 10.0. The molecule has 0 aliphatic heterocycles. The maximum atomic E-state index is 11.5. The minimum absolute atomic E-state index is 0.230. The standard InChI is InChI=1S/C12H17NO2/c1-4-15-12(14)11(7-13)10-5-8(2)9(3)6-10/h8-9H,4-6H2,1-3H3/t8-,9-/m0/s1. The van der Waals surface area contributed by atoms with Gasteiger partial charge in [0.2, 0.25) is 0 Å². The Kier molecular flexibility index (Phi) is 3.90. The monoisotopic (exact) mass is 207 g/mol. The van der Waals surface area contributed by atoms with Crippen molar-refractivity contribution in [3.63, 3.8) is 0 Å². The first-order chi connectivity index (χ1) is 7.10. The van der Waals surface area contributed by atoms with Crippen molar-refractivity contribution in [1.29, 1.82) is 5.26 Å². The molecule has 0 N–H and O–H groups in total. The van der Waals surface area contributed by atoms with Crippen molar-refractivity contribution in [2.45, 2.75) is 33.6 Å². The second kappa shape index (κ2) is 4.97. The summed E-state index contributed by atoms with van der Waals surface area (Å²) in [6, 6.07) is 1.97. The van der Waals surface area contributed by atoms with Crippen molar-refractivity contribution in [2.75, 3.05) is 6.61 Å². The van der Waals surface area contributed by atoms with Gasteiger partial charge in [-0.3, -0.25) is 0 Å². The Morgan fingerprint density at radius 3 is 2.40 bits per heavy atom. The average Bonchev–Trinajstić information content (AvgIpc) is 2.48. The second-order valence-electron chi connectivity index (χ2n) is 4.17. The third-order valence-corrected chi connectivity index (χ3v) is 3.05. The van der Waals surface area contributed by atoms with E-state index >= 15 is 0 Å². The number of esters is 1. The Morgan fingerprint density at radius 2 is 2.00 bits per heavy atom. The summed E-state index contributed by atoms with van der Waals surface area (Å²) in [6.45, 7) is 6.37. The SMILES string of the molecule is CCOC(=O)C(C#N)=C1C[C@H](C)[C@@H](C)C1. The average molecular weight is 207 g/mol. The molecule has 1 aliphatic carbocycles. The molecule has 82 valence electrons. The molecule has 15 heavy (non-hydrogen) atoms. The van der Waals surface area contributed by atoms with Gasteiger partial charge in [0.1, 0.15) is 11.6 Å².